The first-order valence-corrected chi connectivity index (χ1v) is 3.43. The number of carbonyl (C=O) groups is 1. The lowest BCUT2D eigenvalue weighted by Gasteiger charge is -1.92. The van der Waals surface area contributed by atoms with Crippen molar-refractivity contribution in [3.63, 3.8) is 0 Å². The molecule has 0 atom stereocenters. The molecule has 0 radical (unpaired) electrons. The van der Waals surface area contributed by atoms with Crippen LogP contribution in [0.15, 0.2) is 18.2 Å². The van der Waals surface area contributed by atoms with E-state index in [1.165, 1.54) is 12.1 Å². The van der Waals surface area contributed by atoms with Crippen molar-refractivity contribution in [2.75, 3.05) is 0 Å². The Bertz CT molecular complexity index is 480. The van der Waals surface area contributed by atoms with Crippen molar-refractivity contribution in [1.82, 2.24) is 15.0 Å². The lowest BCUT2D eigenvalue weighted by Crippen LogP contribution is -2.09. The second-order valence-corrected chi connectivity index (χ2v) is 2.42. The predicted molar refractivity (Wildman–Crippen MR) is 40.9 cm³/mol. The number of rotatable bonds is 0. The Labute approximate surface area is 71.4 Å². The van der Waals surface area contributed by atoms with E-state index in [1.807, 2.05) is 0 Å². The average molecular weight is 181 g/mol. The van der Waals surface area contributed by atoms with Crippen LogP contribution in [-0.2, 0) is 0 Å². The molecule has 0 aliphatic heterocycles. The molecule has 0 aliphatic rings. The van der Waals surface area contributed by atoms with Crippen molar-refractivity contribution in [2.24, 2.45) is 0 Å². The molecule has 0 saturated carbocycles. The van der Waals surface area contributed by atoms with Crippen LogP contribution in [0.3, 0.4) is 0 Å². The van der Waals surface area contributed by atoms with Gasteiger partial charge in [-0.15, -0.1) is 9.78 Å². The normalized spacial score (nSPS) is 10.5. The molecule has 5 nitrogen and oxygen atoms in total. The Morgan fingerprint density at radius 1 is 1.54 bits per heavy atom. The van der Waals surface area contributed by atoms with Gasteiger partial charge in [0.15, 0.2) is 0 Å². The Hall–Kier alpha value is -1.98. The molecule has 1 aromatic carbocycles. The molecular formula is C7H4FN3O2. The van der Waals surface area contributed by atoms with Gasteiger partial charge in [0, 0.05) is 6.07 Å². The summed E-state index contributed by atoms with van der Waals surface area (Å²) in [5.74, 6) is -0.516. The minimum atomic E-state index is -1.28. The Morgan fingerprint density at radius 2 is 2.31 bits per heavy atom. The third kappa shape index (κ3) is 1.12. The highest BCUT2D eigenvalue weighted by molar-refractivity contribution is 5.83. The zero-order valence-corrected chi connectivity index (χ0v) is 6.31. The van der Waals surface area contributed by atoms with Gasteiger partial charge in [-0.05, 0) is 12.1 Å². The van der Waals surface area contributed by atoms with Crippen LogP contribution in [0.5, 0.6) is 0 Å². The number of halogens is 1. The monoisotopic (exact) mass is 181 g/mol. The summed E-state index contributed by atoms with van der Waals surface area (Å²) in [6.07, 6.45) is -1.28. The zero-order valence-electron chi connectivity index (χ0n) is 6.31. The molecular weight excluding hydrogens is 177 g/mol. The Balaban J connectivity index is 2.79. The van der Waals surface area contributed by atoms with E-state index in [2.05, 4.69) is 10.3 Å². The van der Waals surface area contributed by atoms with Crippen molar-refractivity contribution in [3.05, 3.63) is 24.0 Å². The molecule has 2 aromatic rings. The summed E-state index contributed by atoms with van der Waals surface area (Å²) in [4.78, 5) is 10.5. The molecule has 1 heterocycles. The molecule has 0 unspecified atom stereocenters. The summed E-state index contributed by atoms with van der Waals surface area (Å²) < 4.78 is 13.3. The predicted octanol–water partition coefficient (Wildman–Crippen LogP) is 1.10. The number of hydrogen-bond donors (Lipinski definition) is 1. The molecule has 0 spiro atoms. The van der Waals surface area contributed by atoms with E-state index in [0.29, 0.717) is 10.2 Å². The smallest absolute Gasteiger partial charge is 0.434 e. The summed E-state index contributed by atoms with van der Waals surface area (Å²) >= 11 is 0. The number of hydrogen-bond acceptors (Lipinski definition) is 3. The van der Waals surface area contributed by atoms with Gasteiger partial charge in [0.2, 0.25) is 0 Å². The number of benzene rings is 1. The highest BCUT2D eigenvalue weighted by Crippen LogP contribution is 2.11. The van der Waals surface area contributed by atoms with Crippen molar-refractivity contribution < 1.29 is 14.3 Å². The maximum Gasteiger partial charge on any atom is 0.434 e. The minimum absolute atomic E-state index is 0.146. The van der Waals surface area contributed by atoms with Gasteiger partial charge >= 0.3 is 6.09 Å². The van der Waals surface area contributed by atoms with E-state index in [-0.39, 0.29) is 5.52 Å². The van der Waals surface area contributed by atoms with E-state index in [4.69, 9.17) is 5.11 Å². The van der Waals surface area contributed by atoms with Gasteiger partial charge < -0.3 is 5.11 Å². The Morgan fingerprint density at radius 3 is 3.00 bits per heavy atom. The van der Waals surface area contributed by atoms with E-state index in [0.717, 1.165) is 6.07 Å². The number of carboxylic acid groups (broad SMARTS) is 1. The molecule has 1 aromatic heterocycles. The van der Waals surface area contributed by atoms with Crippen LogP contribution >= 0.6 is 0 Å². The van der Waals surface area contributed by atoms with Gasteiger partial charge in [-0.3, -0.25) is 0 Å². The van der Waals surface area contributed by atoms with Gasteiger partial charge in [0.1, 0.15) is 16.9 Å². The molecule has 13 heavy (non-hydrogen) atoms. The highest BCUT2D eigenvalue weighted by atomic mass is 19.1. The molecule has 0 amide bonds. The topological polar surface area (TPSA) is 68.0 Å². The van der Waals surface area contributed by atoms with E-state index in [1.54, 1.807) is 0 Å². The third-order valence-corrected chi connectivity index (χ3v) is 1.59. The fourth-order valence-corrected chi connectivity index (χ4v) is 1.03. The first-order chi connectivity index (χ1) is 6.18. The molecule has 2 rings (SSSR count). The van der Waals surface area contributed by atoms with E-state index in [9.17, 15) is 9.18 Å². The van der Waals surface area contributed by atoms with E-state index >= 15 is 0 Å². The van der Waals surface area contributed by atoms with Gasteiger partial charge in [-0.1, -0.05) is 5.21 Å². The average Bonchev–Trinajstić information content (AvgIpc) is 2.46. The largest absolute Gasteiger partial charge is 0.463 e. The standard InChI is InChI=1S/C7H4FN3O2/c8-4-1-2-5-6(3-4)11(7(12)13)10-9-5/h1-3H,(H,12,13). The molecule has 66 valence electrons. The second-order valence-electron chi connectivity index (χ2n) is 2.42. The lowest BCUT2D eigenvalue weighted by atomic mass is 10.3. The van der Waals surface area contributed by atoms with Gasteiger partial charge in [-0.2, -0.15) is 0 Å². The summed E-state index contributed by atoms with van der Waals surface area (Å²) in [5, 5.41) is 15.5. The van der Waals surface area contributed by atoms with Crippen molar-refractivity contribution in [2.45, 2.75) is 0 Å². The van der Waals surface area contributed by atoms with Crippen molar-refractivity contribution in [3.8, 4) is 0 Å². The number of fused-ring (bicyclic) bond motifs is 1. The van der Waals surface area contributed by atoms with E-state index < -0.39 is 11.9 Å². The number of nitrogens with zero attached hydrogens (tertiary/aromatic N) is 3. The van der Waals surface area contributed by atoms with Crippen LogP contribution in [-0.4, -0.2) is 26.2 Å². The van der Waals surface area contributed by atoms with Crippen molar-refractivity contribution >= 4 is 17.1 Å². The summed E-state index contributed by atoms with van der Waals surface area (Å²) in [6.45, 7) is 0. The molecule has 0 saturated heterocycles. The van der Waals surface area contributed by atoms with Gasteiger partial charge in [0.05, 0.1) is 0 Å². The second kappa shape index (κ2) is 2.51. The number of aromatic nitrogens is 3. The maximum absolute atomic E-state index is 12.7. The molecule has 0 aliphatic carbocycles. The SMILES string of the molecule is O=C(O)n1nnc2ccc(F)cc21. The summed E-state index contributed by atoms with van der Waals surface area (Å²) in [7, 11) is 0. The van der Waals surface area contributed by atoms with Crippen molar-refractivity contribution in [1.29, 1.82) is 0 Å². The summed E-state index contributed by atoms with van der Waals surface area (Å²) in [5.41, 5.74) is 0.497. The first-order valence-electron chi connectivity index (χ1n) is 3.43. The molecule has 6 heteroatoms. The van der Waals surface area contributed by atoms with Crippen LogP contribution < -0.4 is 0 Å². The Kier molecular flexibility index (Phi) is 1.48. The van der Waals surface area contributed by atoms with Crippen LogP contribution in [0.25, 0.3) is 11.0 Å². The minimum Gasteiger partial charge on any atom is -0.463 e. The molecule has 0 fully saturated rings. The molecule has 1 N–H and O–H groups in total. The maximum atomic E-state index is 12.7. The first kappa shape index (κ1) is 7.66. The van der Waals surface area contributed by atoms with Gasteiger partial charge in [-0.25, -0.2) is 9.18 Å². The lowest BCUT2D eigenvalue weighted by molar-refractivity contribution is 0.193. The van der Waals surface area contributed by atoms with Crippen LogP contribution in [0.1, 0.15) is 0 Å². The van der Waals surface area contributed by atoms with Crippen LogP contribution in [0.4, 0.5) is 9.18 Å². The fourth-order valence-electron chi connectivity index (χ4n) is 1.03. The van der Waals surface area contributed by atoms with Gasteiger partial charge in [0.25, 0.3) is 0 Å². The highest BCUT2D eigenvalue weighted by Gasteiger charge is 2.09. The third-order valence-electron chi connectivity index (χ3n) is 1.59. The summed E-state index contributed by atoms with van der Waals surface area (Å²) in [6, 6.07) is 3.64. The van der Waals surface area contributed by atoms with Crippen LogP contribution in [0, 0.1) is 5.82 Å². The molecule has 0 bridgehead atoms. The fraction of sp³-hybridized carbons (Fsp3) is 0. The van der Waals surface area contributed by atoms with Crippen LogP contribution in [0.2, 0.25) is 0 Å². The quantitative estimate of drug-likeness (QED) is 0.660. The zero-order chi connectivity index (χ0) is 9.42.